The van der Waals surface area contributed by atoms with Crippen LogP contribution in [0.4, 0.5) is 5.82 Å². The number of imide groups is 1. The maximum atomic E-state index is 13.0. The molecule has 9 nitrogen and oxygen atoms in total. The molecular weight excluding hydrogens is 396 g/mol. The van der Waals surface area contributed by atoms with Crippen molar-refractivity contribution in [1.82, 2.24) is 14.2 Å². The van der Waals surface area contributed by atoms with Crippen LogP contribution in [0.2, 0.25) is 0 Å². The Kier molecular flexibility index (Phi) is 4.55. The van der Waals surface area contributed by atoms with Crippen molar-refractivity contribution in [3.63, 3.8) is 0 Å². The number of amides is 2. The third-order valence-electron chi connectivity index (χ3n) is 5.40. The molecule has 0 bridgehead atoms. The highest BCUT2D eigenvalue weighted by Crippen LogP contribution is 2.27. The van der Waals surface area contributed by atoms with Crippen LogP contribution in [0.15, 0.2) is 40.0 Å². The average Bonchev–Trinajstić information content (AvgIpc) is 2.96. The van der Waals surface area contributed by atoms with E-state index in [1.54, 1.807) is 0 Å². The number of carbonyl (C=O) groups excluding carboxylic acids is 2. The van der Waals surface area contributed by atoms with Crippen LogP contribution in [0.25, 0.3) is 5.69 Å². The van der Waals surface area contributed by atoms with E-state index in [1.165, 1.54) is 28.6 Å². The predicted octanol–water partition coefficient (Wildman–Crippen LogP) is 0.866. The van der Waals surface area contributed by atoms with E-state index in [1.807, 2.05) is 6.92 Å². The number of benzene rings is 1. The van der Waals surface area contributed by atoms with E-state index in [0.717, 1.165) is 29.9 Å². The van der Waals surface area contributed by atoms with Crippen LogP contribution in [-0.4, -0.2) is 41.7 Å². The number of nitrogen functional groups attached to an aromatic ring is 1. The third-order valence-corrected chi connectivity index (χ3v) is 7.42. The number of fused-ring (bicyclic) bond motifs is 1. The minimum atomic E-state index is -3.65. The van der Waals surface area contributed by atoms with Gasteiger partial charge in [0.05, 0.1) is 21.7 Å². The molecule has 152 valence electrons. The average molecular weight is 416 g/mol. The van der Waals surface area contributed by atoms with Crippen molar-refractivity contribution in [2.24, 2.45) is 0 Å². The zero-order valence-electron chi connectivity index (χ0n) is 15.7. The highest BCUT2D eigenvalue weighted by atomic mass is 32.2. The summed E-state index contributed by atoms with van der Waals surface area (Å²) in [5, 5.41) is 2.10. The van der Waals surface area contributed by atoms with E-state index in [9.17, 15) is 22.8 Å². The van der Waals surface area contributed by atoms with E-state index in [-0.39, 0.29) is 27.9 Å². The van der Waals surface area contributed by atoms with Crippen molar-refractivity contribution in [2.75, 3.05) is 12.3 Å². The topological polar surface area (TPSA) is 132 Å². The molecule has 2 aromatic rings. The number of aromatic nitrogens is 1. The molecule has 3 heterocycles. The molecule has 1 saturated heterocycles. The van der Waals surface area contributed by atoms with Gasteiger partial charge >= 0.3 is 0 Å². The number of nitrogens with two attached hydrogens (primary N) is 1. The number of hydrogen-bond donors (Lipinski definition) is 2. The lowest BCUT2D eigenvalue weighted by molar-refractivity contribution is 0.0880. The van der Waals surface area contributed by atoms with Crippen LogP contribution in [0.5, 0.6) is 0 Å². The van der Waals surface area contributed by atoms with E-state index < -0.39 is 27.4 Å². The molecule has 0 aliphatic carbocycles. The summed E-state index contributed by atoms with van der Waals surface area (Å²) in [6.45, 7) is 2.37. The fourth-order valence-corrected chi connectivity index (χ4v) is 5.58. The van der Waals surface area contributed by atoms with E-state index in [0.29, 0.717) is 12.2 Å². The number of carbonyl (C=O) groups is 2. The van der Waals surface area contributed by atoms with Gasteiger partial charge in [-0.15, -0.1) is 0 Å². The molecule has 1 aromatic carbocycles. The maximum Gasteiger partial charge on any atom is 0.262 e. The van der Waals surface area contributed by atoms with Crippen LogP contribution < -0.4 is 16.6 Å². The van der Waals surface area contributed by atoms with Gasteiger partial charge in [0.15, 0.2) is 0 Å². The Hall–Kier alpha value is -2.98. The van der Waals surface area contributed by atoms with Gasteiger partial charge < -0.3 is 5.73 Å². The Morgan fingerprint density at radius 1 is 1.07 bits per heavy atom. The lowest BCUT2D eigenvalue weighted by Gasteiger charge is -2.32. The molecule has 4 rings (SSSR count). The van der Waals surface area contributed by atoms with Gasteiger partial charge in [-0.05, 0) is 44.0 Å². The first-order valence-corrected chi connectivity index (χ1v) is 10.7. The number of anilines is 1. The summed E-state index contributed by atoms with van der Waals surface area (Å²) in [6.07, 6.45) is 2.64. The van der Waals surface area contributed by atoms with Crippen molar-refractivity contribution < 1.29 is 18.0 Å². The molecule has 2 amide bonds. The highest BCUT2D eigenvalue weighted by Gasteiger charge is 2.33. The van der Waals surface area contributed by atoms with Gasteiger partial charge in [-0.25, -0.2) is 8.42 Å². The minimum Gasteiger partial charge on any atom is -0.384 e. The van der Waals surface area contributed by atoms with Gasteiger partial charge in [0, 0.05) is 18.7 Å². The monoisotopic (exact) mass is 416 g/mol. The molecule has 1 aromatic heterocycles. The van der Waals surface area contributed by atoms with Crippen molar-refractivity contribution in [3.05, 3.63) is 51.8 Å². The van der Waals surface area contributed by atoms with Gasteiger partial charge in [0.1, 0.15) is 5.82 Å². The number of nitrogens with zero attached hydrogens (tertiary/aromatic N) is 2. The van der Waals surface area contributed by atoms with Crippen LogP contribution in [0.1, 0.15) is 46.9 Å². The highest BCUT2D eigenvalue weighted by molar-refractivity contribution is 7.89. The molecule has 29 heavy (non-hydrogen) atoms. The number of hydrogen-bond acceptors (Lipinski definition) is 6. The summed E-state index contributed by atoms with van der Waals surface area (Å²) < 4.78 is 28.5. The number of sulfonamides is 1. The molecule has 1 fully saturated rings. The van der Waals surface area contributed by atoms with Crippen LogP contribution in [-0.2, 0) is 10.0 Å². The second-order valence-electron chi connectivity index (χ2n) is 7.23. The van der Waals surface area contributed by atoms with E-state index in [2.05, 4.69) is 5.32 Å². The Balaban J connectivity index is 1.75. The zero-order valence-corrected chi connectivity index (χ0v) is 16.5. The van der Waals surface area contributed by atoms with Crippen molar-refractivity contribution in [2.45, 2.75) is 37.1 Å². The third kappa shape index (κ3) is 3.04. The standard InChI is InChI=1S/C19H20N4O5S/c1-11-4-2-3-9-22(11)29(27,28)13-7-5-12(6-8-13)23-15(24)10-14-16(17(23)20)19(26)21-18(14)25/h5-8,10-11H,2-4,9,20H2,1H3,(H,21,25,26). The summed E-state index contributed by atoms with van der Waals surface area (Å²) in [6, 6.07) is 6.72. The Bertz CT molecular complexity index is 1180. The van der Waals surface area contributed by atoms with Crippen molar-refractivity contribution >= 4 is 27.7 Å². The number of nitrogens with one attached hydrogen (secondary N) is 1. The zero-order chi connectivity index (χ0) is 20.9. The molecule has 0 spiro atoms. The van der Waals surface area contributed by atoms with Gasteiger partial charge in [0.2, 0.25) is 10.0 Å². The lowest BCUT2D eigenvalue weighted by atomic mass is 10.1. The first-order valence-electron chi connectivity index (χ1n) is 9.25. The molecule has 0 saturated carbocycles. The van der Waals surface area contributed by atoms with Crippen molar-refractivity contribution in [1.29, 1.82) is 0 Å². The van der Waals surface area contributed by atoms with Crippen LogP contribution >= 0.6 is 0 Å². The number of piperidine rings is 1. The lowest BCUT2D eigenvalue weighted by Crippen LogP contribution is -2.41. The molecule has 0 radical (unpaired) electrons. The SMILES string of the molecule is CC1CCCCN1S(=O)(=O)c1ccc(-n2c(N)c3c(cc2=O)C(=O)NC3=O)cc1. The number of rotatable bonds is 3. The molecule has 1 unspecified atom stereocenters. The summed E-state index contributed by atoms with van der Waals surface area (Å²) in [5.41, 5.74) is 5.59. The number of pyridine rings is 1. The Morgan fingerprint density at radius 2 is 1.76 bits per heavy atom. The molecule has 10 heteroatoms. The van der Waals surface area contributed by atoms with Gasteiger partial charge in [0.25, 0.3) is 17.4 Å². The molecule has 2 aliphatic rings. The summed E-state index contributed by atoms with van der Waals surface area (Å²) in [7, 11) is -3.65. The van der Waals surface area contributed by atoms with Crippen LogP contribution in [0.3, 0.4) is 0 Å². The van der Waals surface area contributed by atoms with Crippen LogP contribution in [0, 0.1) is 0 Å². The molecule has 1 atom stereocenters. The normalized spacial score (nSPS) is 19.8. The van der Waals surface area contributed by atoms with Gasteiger partial charge in [-0.3, -0.25) is 24.3 Å². The fourth-order valence-electron chi connectivity index (χ4n) is 3.88. The Labute approximate surface area is 167 Å². The quantitative estimate of drug-likeness (QED) is 0.714. The van der Waals surface area contributed by atoms with Gasteiger partial charge in [-0.1, -0.05) is 6.42 Å². The predicted molar refractivity (Wildman–Crippen MR) is 105 cm³/mol. The second-order valence-corrected chi connectivity index (χ2v) is 9.12. The second kappa shape index (κ2) is 6.82. The summed E-state index contributed by atoms with van der Waals surface area (Å²) >= 11 is 0. The van der Waals surface area contributed by atoms with E-state index in [4.69, 9.17) is 5.73 Å². The van der Waals surface area contributed by atoms with Gasteiger partial charge in [-0.2, -0.15) is 4.31 Å². The largest absolute Gasteiger partial charge is 0.384 e. The summed E-state index contributed by atoms with van der Waals surface area (Å²) in [4.78, 5) is 36.3. The Morgan fingerprint density at radius 3 is 2.41 bits per heavy atom. The minimum absolute atomic E-state index is 0.0616. The first-order chi connectivity index (χ1) is 13.7. The van der Waals surface area contributed by atoms with E-state index >= 15 is 0 Å². The molecular formula is C19H20N4O5S. The molecule has 2 aliphatic heterocycles. The smallest absolute Gasteiger partial charge is 0.262 e. The first kappa shape index (κ1) is 19.3. The van der Waals surface area contributed by atoms with Crippen molar-refractivity contribution in [3.8, 4) is 5.69 Å². The maximum absolute atomic E-state index is 13.0. The fraction of sp³-hybridized carbons (Fsp3) is 0.316. The summed E-state index contributed by atoms with van der Waals surface area (Å²) in [5.74, 6) is -1.51. The molecule has 3 N–H and O–H groups in total.